The normalized spacial score (nSPS) is 23.7. The Labute approximate surface area is 98.1 Å². The number of hydrogen-bond acceptors (Lipinski definition) is 3. The molecule has 1 atom stereocenters. The summed E-state index contributed by atoms with van der Waals surface area (Å²) in [5.74, 6) is 0.193. The minimum Gasteiger partial charge on any atom is -0.370 e. The summed E-state index contributed by atoms with van der Waals surface area (Å²) in [4.78, 5) is 2.44. The molecule has 2 rings (SSSR count). The average Bonchev–Trinajstić information content (AvgIpc) is 2.13. The van der Waals surface area contributed by atoms with Gasteiger partial charge in [-0.3, -0.25) is 0 Å². The summed E-state index contributed by atoms with van der Waals surface area (Å²) in [6.07, 6.45) is 0. The summed E-state index contributed by atoms with van der Waals surface area (Å²) in [5, 5.41) is 0. The SMILES string of the molecule is CC1CS(=O)(=O)c2ccc(Br)cc2N1C. The topological polar surface area (TPSA) is 37.4 Å². The zero-order valence-electron chi connectivity index (χ0n) is 8.57. The molecule has 1 heterocycles. The molecule has 1 aliphatic rings. The van der Waals surface area contributed by atoms with E-state index < -0.39 is 9.84 Å². The van der Waals surface area contributed by atoms with Crippen LogP contribution >= 0.6 is 15.9 Å². The molecule has 0 N–H and O–H groups in total. The van der Waals surface area contributed by atoms with Crippen molar-refractivity contribution in [3.63, 3.8) is 0 Å². The quantitative estimate of drug-likeness (QED) is 0.734. The van der Waals surface area contributed by atoms with Gasteiger partial charge in [0.05, 0.1) is 16.3 Å². The van der Waals surface area contributed by atoms with Crippen molar-refractivity contribution in [3.8, 4) is 0 Å². The lowest BCUT2D eigenvalue weighted by Gasteiger charge is -2.33. The smallest absolute Gasteiger partial charge is 0.182 e. The maximum absolute atomic E-state index is 11.9. The lowest BCUT2D eigenvalue weighted by Crippen LogP contribution is -2.40. The van der Waals surface area contributed by atoms with Crippen LogP contribution in [0.2, 0.25) is 0 Å². The molecule has 1 aliphatic heterocycles. The standard InChI is InChI=1S/C10H12BrNO2S/c1-7-6-15(13,14)10-4-3-8(11)5-9(10)12(7)2/h3-5,7H,6H2,1-2H3. The van der Waals surface area contributed by atoms with E-state index in [0.29, 0.717) is 4.90 Å². The van der Waals surface area contributed by atoms with Crippen molar-refractivity contribution in [2.75, 3.05) is 17.7 Å². The molecule has 1 aromatic carbocycles. The Kier molecular flexibility index (Phi) is 2.55. The lowest BCUT2D eigenvalue weighted by molar-refractivity contribution is 0.579. The highest BCUT2D eigenvalue weighted by molar-refractivity contribution is 9.10. The highest BCUT2D eigenvalue weighted by Gasteiger charge is 2.31. The second kappa shape index (κ2) is 3.49. The van der Waals surface area contributed by atoms with E-state index in [1.54, 1.807) is 12.1 Å². The first-order valence-electron chi connectivity index (χ1n) is 4.67. The number of hydrogen-bond donors (Lipinski definition) is 0. The predicted octanol–water partition coefficient (Wildman–Crippen LogP) is 2.06. The number of fused-ring (bicyclic) bond motifs is 1. The number of rotatable bonds is 0. The van der Waals surface area contributed by atoms with Crippen molar-refractivity contribution in [1.82, 2.24) is 0 Å². The third kappa shape index (κ3) is 1.78. The predicted molar refractivity (Wildman–Crippen MR) is 64.1 cm³/mol. The van der Waals surface area contributed by atoms with Crippen molar-refractivity contribution in [2.45, 2.75) is 17.9 Å². The molecular formula is C10H12BrNO2S. The summed E-state index contributed by atoms with van der Waals surface area (Å²) in [6, 6.07) is 5.30. The van der Waals surface area contributed by atoms with Crippen LogP contribution in [-0.4, -0.2) is 27.3 Å². The molecule has 0 fully saturated rings. The lowest BCUT2D eigenvalue weighted by atomic mass is 10.2. The fourth-order valence-corrected chi connectivity index (χ4v) is 3.97. The second-order valence-electron chi connectivity index (χ2n) is 3.85. The average molecular weight is 290 g/mol. The van der Waals surface area contributed by atoms with Crippen LogP contribution < -0.4 is 4.90 Å². The van der Waals surface area contributed by atoms with Crippen LogP contribution in [0.25, 0.3) is 0 Å². The van der Waals surface area contributed by atoms with Gasteiger partial charge >= 0.3 is 0 Å². The fourth-order valence-electron chi connectivity index (χ4n) is 1.79. The van der Waals surface area contributed by atoms with Gasteiger partial charge < -0.3 is 4.90 Å². The van der Waals surface area contributed by atoms with Gasteiger partial charge in [-0.15, -0.1) is 0 Å². The van der Waals surface area contributed by atoms with E-state index in [-0.39, 0.29) is 11.8 Å². The fraction of sp³-hybridized carbons (Fsp3) is 0.400. The molecule has 82 valence electrons. The number of benzene rings is 1. The van der Waals surface area contributed by atoms with Crippen molar-refractivity contribution in [3.05, 3.63) is 22.7 Å². The molecule has 0 amide bonds. The molecule has 0 aliphatic carbocycles. The monoisotopic (exact) mass is 289 g/mol. The van der Waals surface area contributed by atoms with Crippen LogP contribution in [0.15, 0.2) is 27.6 Å². The van der Waals surface area contributed by atoms with E-state index in [1.165, 1.54) is 0 Å². The van der Waals surface area contributed by atoms with E-state index in [1.807, 2.05) is 24.9 Å². The van der Waals surface area contributed by atoms with Gasteiger partial charge in [-0.2, -0.15) is 0 Å². The van der Waals surface area contributed by atoms with Gasteiger partial charge in [0.2, 0.25) is 0 Å². The van der Waals surface area contributed by atoms with E-state index in [4.69, 9.17) is 0 Å². The Morgan fingerprint density at radius 3 is 2.80 bits per heavy atom. The molecule has 0 radical (unpaired) electrons. The van der Waals surface area contributed by atoms with Crippen molar-refractivity contribution in [2.24, 2.45) is 0 Å². The van der Waals surface area contributed by atoms with E-state index in [2.05, 4.69) is 15.9 Å². The van der Waals surface area contributed by atoms with E-state index in [0.717, 1.165) is 10.2 Å². The molecule has 0 saturated heterocycles. The Bertz CT molecular complexity index is 498. The van der Waals surface area contributed by atoms with Crippen LogP contribution in [0.1, 0.15) is 6.92 Å². The zero-order valence-corrected chi connectivity index (χ0v) is 11.0. The van der Waals surface area contributed by atoms with Gasteiger partial charge in [-0.05, 0) is 25.1 Å². The largest absolute Gasteiger partial charge is 0.370 e. The maximum Gasteiger partial charge on any atom is 0.182 e. The molecule has 0 spiro atoms. The summed E-state index contributed by atoms with van der Waals surface area (Å²) < 4.78 is 24.7. The van der Waals surface area contributed by atoms with Crippen LogP contribution in [0.4, 0.5) is 5.69 Å². The summed E-state index contributed by atoms with van der Waals surface area (Å²) >= 11 is 3.35. The molecule has 0 aromatic heterocycles. The van der Waals surface area contributed by atoms with Crippen molar-refractivity contribution in [1.29, 1.82) is 0 Å². The van der Waals surface area contributed by atoms with E-state index in [9.17, 15) is 8.42 Å². The molecule has 5 heteroatoms. The Morgan fingerprint density at radius 2 is 2.13 bits per heavy atom. The first kappa shape index (κ1) is 11.0. The Hall–Kier alpha value is -0.550. The number of nitrogens with zero attached hydrogens (tertiary/aromatic N) is 1. The number of anilines is 1. The van der Waals surface area contributed by atoms with Gasteiger partial charge in [0.25, 0.3) is 0 Å². The van der Waals surface area contributed by atoms with Crippen LogP contribution in [0, 0.1) is 0 Å². The minimum absolute atomic E-state index is 0.0248. The molecular weight excluding hydrogens is 278 g/mol. The summed E-state index contributed by atoms with van der Waals surface area (Å²) in [7, 11) is -1.18. The molecule has 0 bridgehead atoms. The Morgan fingerprint density at radius 1 is 1.47 bits per heavy atom. The van der Waals surface area contributed by atoms with Gasteiger partial charge in [0, 0.05) is 17.6 Å². The van der Waals surface area contributed by atoms with Crippen LogP contribution in [-0.2, 0) is 9.84 Å². The number of sulfone groups is 1. The third-order valence-corrected chi connectivity index (χ3v) is 5.19. The van der Waals surface area contributed by atoms with Gasteiger partial charge in [0.1, 0.15) is 0 Å². The maximum atomic E-state index is 11.9. The van der Waals surface area contributed by atoms with Crippen LogP contribution in [0.3, 0.4) is 0 Å². The Balaban J connectivity index is 2.70. The molecule has 0 saturated carbocycles. The third-order valence-electron chi connectivity index (χ3n) is 2.76. The highest BCUT2D eigenvalue weighted by atomic mass is 79.9. The molecule has 15 heavy (non-hydrogen) atoms. The van der Waals surface area contributed by atoms with Gasteiger partial charge in [-0.25, -0.2) is 8.42 Å². The van der Waals surface area contributed by atoms with Crippen molar-refractivity contribution < 1.29 is 8.42 Å². The van der Waals surface area contributed by atoms with Crippen LogP contribution in [0.5, 0.6) is 0 Å². The van der Waals surface area contributed by atoms with Crippen molar-refractivity contribution >= 4 is 31.5 Å². The highest BCUT2D eigenvalue weighted by Crippen LogP contribution is 2.34. The molecule has 1 unspecified atom stereocenters. The van der Waals surface area contributed by atoms with E-state index >= 15 is 0 Å². The number of halogens is 1. The first-order chi connectivity index (χ1) is 6.92. The first-order valence-corrected chi connectivity index (χ1v) is 7.11. The molecule has 1 aromatic rings. The molecule has 3 nitrogen and oxygen atoms in total. The van der Waals surface area contributed by atoms with Gasteiger partial charge in [0.15, 0.2) is 9.84 Å². The van der Waals surface area contributed by atoms with Gasteiger partial charge in [-0.1, -0.05) is 15.9 Å². The summed E-state index contributed by atoms with van der Waals surface area (Å²) in [5.41, 5.74) is 0.781. The summed E-state index contributed by atoms with van der Waals surface area (Å²) in [6.45, 7) is 1.92. The zero-order chi connectivity index (χ0) is 11.2. The second-order valence-corrected chi connectivity index (χ2v) is 6.77. The minimum atomic E-state index is -3.10.